The van der Waals surface area contributed by atoms with E-state index in [2.05, 4.69) is 39.7 Å². The number of rotatable bonds is 4. The Bertz CT molecular complexity index is 394. The third kappa shape index (κ3) is 3.53. The Morgan fingerprint density at radius 2 is 2.33 bits per heavy atom. The Morgan fingerprint density at radius 1 is 1.67 bits per heavy atom. The normalized spacial score (nSPS) is 12.7. The lowest BCUT2D eigenvalue weighted by atomic mass is 10.4. The first-order chi connectivity index (χ1) is 7.04. The van der Waals surface area contributed by atoms with Crippen LogP contribution in [0.2, 0.25) is 0 Å². The molecule has 0 bridgehead atoms. The summed E-state index contributed by atoms with van der Waals surface area (Å²) >= 11 is 4.64. The van der Waals surface area contributed by atoms with Crippen molar-refractivity contribution in [2.75, 3.05) is 0 Å². The van der Waals surface area contributed by atoms with E-state index in [-0.39, 0.29) is 15.9 Å². The maximum absolute atomic E-state index is 11.3. The highest BCUT2D eigenvalue weighted by Gasteiger charge is 2.08. The second-order valence-electron chi connectivity index (χ2n) is 3.18. The predicted octanol–water partition coefficient (Wildman–Crippen LogP) is 2.27. The number of aromatic amines is 1. The summed E-state index contributed by atoms with van der Waals surface area (Å²) < 4.78 is 0.0831. The van der Waals surface area contributed by atoms with Gasteiger partial charge in [0, 0.05) is 5.25 Å². The average Bonchev–Trinajstić information content (AvgIpc) is 2.22. The first kappa shape index (κ1) is 12.6. The third-order valence-electron chi connectivity index (χ3n) is 1.97. The molecule has 0 fully saturated rings. The number of halogens is 1. The van der Waals surface area contributed by atoms with Crippen LogP contribution in [0.25, 0.3) is 0 Å². The van der Waals surface area contributed by atoms with Crippen molar-refractivity contribution in [3.63, 3.8) is 0 Å². The van der Waals surface area contributed by atoms with Gasteiger partial charge in [0.2, 0.25) is 5.88 Å². The van der Waals surface area contributed by atoms with Crippen LogP contribution in [-0.4, -0.2) is 20.3 Å². The van der Waals surface area contributed by atoms with Gasteiger partial charge in [0.05, 0.1) is 5.75 Å². The van der Waals surface area contributed by atoms with Crippen molar-refractivity contribution in [2.24, 2.45) is 0 Å². The number of hydrogen-bond donors (Lipinski definition) is 2. The number of nitrogens with zero attached hydrogens (tertiary/aromatic N) is 1. The van der Waals surface area contributed by atoms with Gasteiger partial charge in [0.1, 0.15) is 10.3 Å². The van der Waals surface area contributed by atoms with Crippen LogP contribution in [0, 0.1) is 0 Å². The summed E-state index contributed by atoms with van der Waals surface area (Å²) in [6.45, 7) is 4.22. The number of nitrogens with one attached hydrogen (secondary N) is 1. The molecule has 0 aliphatic rings. The minimum absolute atomic E-state index is 0.0831. The minimum Gasteiger partial charge on any atom is -0.492 e. The van der Waals surface area contributed by atoms with Crippen molar-refractivity contribution >= 4 is 27.7 Å². The zero-order valence-electron chi connectivity index (χ0n) is 8.58. The standard InChI is InChI=1S/C9H13BrN2O2S/c1-3-5(2)15-4-6-11-8(13)7(10)9(14)12-6/h5H,3-4H2,1-2H3,(H2,11,12,13,14). The van der Waals surface area contributed by atoms with Gasteiger partial charge in [-0.1, -0.05) is 13.8 Å². The largest absolute Gasteiger partial charge is 0.492 e. The van der Waals surface area contributed by atoms with Crippen molar-refractivity contribution in [3.05, 3.63) is 20.7 Å². The molecule has 0 aliphatic carbocycles. The smallest absolute Gasteiger partial charge is 0.269 e. The van der Waals surface area contributed by atoms with Gasteiger partial charge in [-0.15, -0.1) is 0 Å². The molecule has 0 saturated heterocycles. The number of thioether (sulfide) groups is 1. The van der Waals surface area contributed by atoms with Crippen LogP contribution in [0.3, 0.4) is 0 Å². The second kappa shape index (κ2) is 5.55. The zero-order valence-corrected chi connectivity index (χ0v) is 11.0. The summed E-state index contributed by atoms with van der Waals surface area (Å²) in [6.07, 6.45) is 1.07. The van der Waals surface area contributed by atoms with Crippen LogP contribution in [0.15, 0.2) is 9.27 Å². The Labute approximate surface area is 101 Å². The molecule has 0 saturated carbocycles. The Balaban J connectivity index is 2.75. The topological polar surface area (TPSA) is 66.0 Å². The summed E-state index contributed by atoms with van der Waals surface area (Å²) in [4.78, 5) is 17.7. The molecule has 0 aromatic carbocycles. The quantitative estimate of drug-likeness (QED) is 0.893. The van der Waals surface area contributed by atoms with Crippen LogP contribution in [-0.2, 0) is 5.75 Å². The molecular weight excluding hydrogens is 280 g/mol. The monoisotopic (exact) mass is 292 g/mol. The fraction of sp³-hybridized carbons (Fsp3) is 0.556. The fourth-order valence-electron chi connectivity index (χ4n) is 0.900. The third-order valence-corrected chi connectivity index (χ3v) is 4.03. The van der Waals surface area contributed by atoms with Crippen molar-refractivity contribution in [2.45, 2.75) is 31.3 Å². The van der Waals surface area contributed by atoms with Gasteiger partial charge in [0.15, 0.2) is 0 Å². The maximum atomic E-state index is 11.3. The van der Waals surface area contributed by atoms with Crippen molar-refractivity contribution in [3.8, 4) is 5.88 Å². The summed E-state index contributed by atoms with van der Waals surface area (Å²) in [6, 6.07) is 0. The average molecular weight is 293 g/mol. The molecule has 1 aromatic rings. The van der Waals surface area contributed by atoms with Crippen molar-refractivity contribution < 1.29 is 5.11 Å². The molecule has 0 aliphatic heterocycles. The highest BCUT2D eigenvalue weighted by molar-refractivity contribution is 9.10. The molecule has 84 valence electrons. The lowest BCUT2D eigenvalue weighted by molar-refractivity contribution is 0.444. The lowest BCUT2D eigenvalue weighted by Crippen LogP contribution is -2.12. The first-order valence-corrected chi connectivity index (χ1v) is 6.48. The van der Waals surface area contributed by atoms with E-state index in [9.17, 15) is 9.90 Å². The van der Waals surface area contributed by atoms with Gasteiger partial charge in [-0.3, -0.25) is 4.79 Å². The van der Waals surface area contributed by atoms with Gasteiger partial charge in [0.25, 0.3) is 5.56 Å². The highest BCUT2D eigenvalue weighted by atomic mass is 79.9. The van der Waals surface area contributed by atoms with Crippen molar-refractivity contribution in [1.29, 1.82) is 0 Å². The van der Waals surface area contributed by atoms with E-state index >= 15 is 0 Å². The van der Waals surface area contributed by atoms with Gasteiger partial charge < -0.3 is 10.1 Å². The molecule has 1 rings (SSSR count). The highest BCUT2D eigenvalue weighted by Crippen LogP contribution is 2.20. The van der Waals surface area contributed by atoms with E-state index in [1.54, 1.807) is 11.8 Å². The van der Waals surface area contributed by atoms with Gasteiger partial charge >= 0.3 is 0 Å². The predicted molar refractivity (Wildman–Crippen MR) is 65.3 cm³/mol. The minimum atomic E-state index is -0.345. The SMILES string of the molecule is CCC(C)SCc1nc(O)c(Br)c(=O)[nH]1. The Morgan fingerprint density at radius 3 is 2.87 bits per heavy atom. The molecular formula is C9H13BrN2O2S. The van der Waals surface area contributed by atoms with Gasteiger partial charge in [-0.25, -0.2) is 0 Å². The molecule has 0 radical (unpaired) electrons. The molecule has 0 amide bonds. The van der Waals surface area contributed by atoms with Crippen LogP contribution < -0.4 is 5.56 Å². The second-order valence-corrected chi connectivity index (χ2v) is 5.40. The van der Waals surface area contributed by atoms with Crippen molar-refractivity contribution in [1.82, 2.24) is 9.97 Å². The summed E-state index contributed by atoms with van der Waals surface area (Å²) in [5, 5.41) is 9.83. The van der Waals surface area contributed by atoms with E-state index in [1.165, 1.54) is 0 Å². The van der Waals surface area contributed by atoms with Crippen LogP contribution in [0.1, 0.15) is 26.1 Å². The van der Waals surface area contributed by atoms with E-state index in [4.69, 9.17) is 0 Å². The molecule has 4 nitrogen and oxygen atoms in total. The lowest BCUT2D eigenvalue weighted by Gasteiger charge is -2.07. The molecule has 1 aromatic heterocycles. The molecule has 6 heteroatoms. The summed E-state index contributed by atoms with van der Waals surface area (Å²) in [5.41, 5.74) is -0.345. The first-order valence-electron chi connectivity index (χ1n) is 4.63. The van der Waals surface area contributed by atoms with E-state index in [1.807, 2.05) is 0 Å². The van der Waals surface area contributed by atoms with E-state index in [0.717, 1.165) is 6.42 Å². The number of hydrogen-bond acceptors (Lipinski definition) is 4. The van der Waals surface area contributed by atoms with Crippen LogP contribution in [0.5, 0.6) is 5.88 Å². The number of H-pyrrole nitrogens is 1. The summed E-state index contributed by atoms with van der Waals surface area (Å²) in [5.74, 6) is 0.856. The van der Waals surface area contributed by atoms with E-state index < -0.39 is 0 Å². The fourth-order valence-corrected chi connectivity index (χ4v) is 1.90. The summed E-state index contributed by atoms with van der Waals surface area (Å²) in [7, 11) is 0. The van der Waals surface area contributed by atoms with Crippen LogP contribution >= 0.6 is 27.7 Å². The Hall–Kier alpha value is -0.490. The molecule has 0 spiro atoms. The molecule has 15 heavy (non-hydrogen) atoms. The number of aromatic hydroxyl groups is 1. The molecule has 1 heterocycles. The van der Waals surface area contributed by atoms with Gasteiger partial charge in [-0.2, -0.15) is 16.7 Å². The molecule has 2 N–H and O–H groups in total. The van der Waals surface area contributed by atoms with E-state index in [0.29, 0.717) is 16.8 Å². The van der Waals surface area contributed by atoms with Crippen LogP contribution in [0.4, 0.5) is 0 Å². The van der Waals surface area contributed by atoms with Gasteiger partial charge in [-0.05, 0) is 22.4 Å². The zero-order chi connectivity index (χ0) is 11.4. The molecule has 1 atom stereocenters. The molecule has 1 unspecified atom stereocenters. The Kier molecular flexibility index (Phi) is 4.66. The number of aromatic nitrogens is 2. The maximum Gasteiger partial charge on any atom is 0.269 e.